The lowest BCUT2D eigenvalue weighted by molar-refractivity contribution is 0.0607. The molecule has 0 aromatic carbocycles. The number of thiophene rings is 1. The molecule has 2 aromatic rings. The van der Waals surface area contributed by atoms with Crippen molar-refractivity contribution in [3.05, 3.63) is 33.4 Å². The third-order valence-corrected chi connectivity index (χ3v) is 3.31. The first-order valence-electron chi connectivity index (χ1n) is 5.04. The fraction of sp³-hybridized carbons (Fsp3) is 0.182. The van der Waals surface area contributed by atoms with E-state index in [2.05, 4.69) is 15.3 Å². The number of aryl methyl sites for hydroxylation is 1. The van der Waals surface area contributed by atoms with Crippen molar-refractivity contribution >= 4 is 40.4 Å². The van der Waals surface area contributed by atoms with Crippen LogP contribution in [-0.2, 0) is 4.74 Å². The third-order valence-electron chi connectivity index (χ3n) is 2.23. The quantitative estimate of drug-likeness (QED) is 0.693. The molecule has 0 spiro atoms. The highest BCUT2D eigenvalue weighted by Gasteiger charge is 2.14. The first-order chi connectivity index (χ1) is 8.61. The van der Waals surface area contributed by atoms with Crippen molar-refractivity contribution in [3.63, 3.8) is 0 Å². The van der Waals surface area contributed by atoms with Crippen molar-refractivity contribution in [2.24, 2.45) is 0 Å². The first kappa shape index (κ1) is 12.8. The molecule has 0 saturated heterocycles. The van der Waals surface area contributed by atoms with E-state index in [9.17, 15) is 4.79 Å². The molecule has 94 valence electrons. The molecule has 2 aromatic heterocycles. The van der Waals surface area contributed by atoms with Gasteiger partial charge in [-0.25, -0.2) is 14.8 Å². The van der Waals surface area contributed by atoms with E-state index >= 15 is 0 Å². The van der Waals surface area contributed by atoms with Gasteiger partial charge in [-0.05, 0) is 30.0 Å². The highest BCUT2D eigenvalue weighted by Crippen LogP contribution is 2.27. The summed E-state index contributed by atoms with van der Waals surface area (Å²) in [6, 6.07) is 1.78. The van der Waals surface area contributed by atoms with Gasteiger partial charge in [-0.15, -0.1) is 11.3 Å². The first-order valence-corrected chi connectivity index (χ1v) is 6.29. The van der Waals surface area contributed by atoms with Crippen LogP contribution in [0.15, 0.2) is 17.6 Å². The number of nitrogens with zero attached hydrogens (tertiary/aromatic N) is 2. The van der Waals surface area contributed by atoms with Crippen LogP contribution in [0.25, 0.3) is 0 Å². The molecule has 2 rings (SSSR count). The smallest absolute Gasteiger partial charge is 0.350 e. The van der Waals surface area contributed by atoms with Crippen molar-refractivity contribution < 1.29 is 9.53 Å². The van der Waals surface area contributed by atoms with Crippen LogP contribution >= 0.6 is 22.9 Å². The van der Waals surface area contributed by atoms with Crippen LogP contribution in [0.3, 0.4) is 0 Å². The van der Waals surface area contributed by atoms with Crippen molar-refractivity contribution in [3.8, 4) is 0 Å². The maximum absolute atomic E-state index is 11.5. The zero-order valence-electron chi connectivity index (χ0n) is 9.73. The number of aromatic nitrogens is 2. The number of halogens is 1. The van der Waals surface area contributed by atoms with Crippen LogP contribution in [0.5, 0.6) is 0 Å². The number of rotatable bonds is 3. The molecule has 0 atom stereocenters. The molecule has 0 aliphatic heterocycles. The normalized spacial score (nSPS) is 10.2. The van der Waals surface area contributed by atoms with Crippen LogP contribution in [0.1, 0.15) is 15.2 Å². The number of anilines is 2. The van der Waals surface area contributed by atoms with Gasteiger partial charge in [0.15, 0.2) is 0 Å². The van der Waals surface area contributed by atoms with E-state index in [1.54, 1.807) is 17.6 Å². The number of esters is 1. The molecule has 5 nitrogen and oxygen atoms in total. The van der Waals surface area contributed by atoms with E-state index in [4.69, 9.17) is 16.3 Å². The average molecular weight is 284 g/mol. The van der Waals surface area contributed by atoms with Gasteiger partial charge in [-0.3, -0.25) is 0 Å². The van der Waals surface area contributed by atoms with Crippen molar-refractivity contribution in [1.82, 2.24) is 9.97 Å². The molecule has 0 fully saturated rings. The molecule has 1 N–H and O–H groups in total. The molecule has 0 unspecified atom stereocenters. The minimum Gasteiger partial charge on any atom is -0.465 e. The summed E-state index contributed by atoms with van der Waals surface area (Å²) in [4.78, 5) is 20.0. The van der Waals surface area contributed by atoms with Crippen LogP contribution < -0.4 is 5.32 Å². The minimum absolute atomic E-state index is 0.151. The lowest BCUT2D eigenvalue weighted by atomic mass is 10.3. The van der Waals surface area contributed by atoms with E-state index in [1.807, 2.05) is 6.92 Å². The number of hydrogen-bond acceptors (Lipinski definition) is 6. The molecule has 7 heteroatoms. The van der Waals surface area contributed by atoms with Gasteiger partial charge in [0.05, 0.1) is 12.8 Å². The van der Waals surface area contributed by atoms with Gasteiger partial charge in [0.25, 0.3) is 0 Å². The Balaban J connectivity index is 2.32. The van der Waals surface area contributed by atoms with Crippen LogP contribution in [0, 0.1) is 6.92 Å². The zero-order chi connectivity index (χ0) is 13.1. The van der Waals surface area contributed by atoms with E-state index < -0.39 is 0 Å². The molecule has 2 heterocycles. The summed E-state index contributed by atoms with van der Waals surface area (Å²) in [5.74, 6) is 0.184. The van der Waals surface area contributed by atoms with Crippen LogP contribution in [0.2, 0.25) is 5.28 Å². The number of nitrogens with one attached hydrogen (secondary N) is 1. The highest BCUT2D eigenvalue weighted by molar-refractivity contribution is 7.12. The Labute approximate surface area is 113 Å². The van der Waals surface area contributed by atoms with E-state index in [-0.39, 0.29) is 11.3 Å². The second kappa shape index (κ2) is 5.32. The second-order valence-corrected chi connectivity index (χ2v) is 4.70. The molecule has 0 radical (unpaired) electrons. The summed E-state index contributed by atoms with van der Waals surface area (Å²) in [6.07, 6.45) is 1.61. The maximum Gasteiger partial charge on any atom is 0.350 e. The van der Waals surface area contributed by atoms with Gasteiger partial charge in [-0.1, -0.05) is 0 Å². The summed E-state index contributed by atoms with van der Waals surface area (Å²) < 4.78 is 4.70. The van der Waals surface area contributed by atoms with E-state index in [0.29, 0.717) is 16.4 Å². The lowest BCUT2D eigenvalue weighted by Gasteiger charge is -2.08. The molecular formula is C11H10ClN3O2S. The highest BCUT2D eigenvalue weighted by atomic mass is 35.5. The topological polar surface area (TPSA) is 64.1 Å². The number of ether oxygens (including phenoxy) is 1. The molecule has 0 bridgehead atoms. The van der Waals surface area contributed by atoms with Crippen LogP contribution in [0.4, 0.5) is 11.5 Å². The van der Waals surface area contributed by atoms with Crippen molar-refractivity contribution in [2.45, 2.75) is 6.92 Å². The average Bonchev–Trinajstić information content (AvgIpc) is 2.81. The zero-order valence-corrected chi connectivity index (χ0v) is 11.3. The monoisotopic (exact) mass is 283 g/mol. The van der Waals surface area contributed by atoms with E-state index in [1.165, 1.54) is 18.4 Å². The standard InChI is InChI=1S/C11H10ClN3O2S/c1-6-5-13-11(12)15-9(6)14-7-3-4-18-8(7)10(16)17-2/h3-5H,1-2H3,(H,13,14,15). The van der Waals surface area contributed by atoms with Gasteiger partial charge < -0.3 is 10.1 Å². The summed E-state index contributed by atoms with van der Waals surface area (Å²) >= 11 is 7.03. The van der Waals surface area contributed by atoms with Crippen molar-refractivity contribution in [2.75, 3.05) is 12.4 Å². The number of carbonyl (C=O) groups excluding carboxylic acids is 1. The number of methoxy groups -OCH3 is 1. The Kier molecular flexibility index (Phi) is 3.78. The SMILES string of the molecule is COC(=O)c1sccc1Nc1nc(Cl)ncc1C. The fourth-order valence-electron chi connectivity index (χ4n) is 1.33. The molecule has 0 aliphatic rings. The maximum atomic E-state index is 11.5. The van der Waals surface area contributed by atoms with Crippen molar-refractivity contribution in [1.29, 1.82) is 0 Å². The molecule has 0 saturated carbocycles. The molecular weight excluding hydrogens is 274 g/mol. The van der Waals surface area contributed by atoms with E-state index in [0.717, 1.165) is 5.56 Å². The Hall–Kier alpha value is -1.66. The Morgan fingerprint density at radius 3 is 3.06 bits per heavy atom. The summed E-state index contributed by atoms with van der Waals surface area (Å²) in [7, 11) is 1.35. The molecule has 0 aliphatic carbocycles. The number of carbonyl (C=O) groups is 1. The minimum atomic E-state index is -0.384. The Morgan fingerprint density at radius 2 is 2.33 bits per heavy atom. The van der Waals surface area contributed by atoms with Gasteiger partial charge >= 0.3 is 5.97 Å². The third kappa shape index (κ3) is 2.60. The summed E-state index contributed by atoms with van der Waals surface area (Å²) in [5.41, 5.74) is 1.48. The number of hydrogen-bond donors (Lipinski definition) is 1. The lowest BCUT2D eigenvalue weighted by Crippen LogP contribution is -2.04. The van der Waals surface area contributed by atoms with Gasteiger partial charge in [-0.2, -0.15) is 0 Å². The second-order valence-electron chi connectivity index (χ2n) is 3.45. The van der Waals surface area contributed by atoms with Crippen LogP contribution in [-0.4, -0.2) is 23.0 Å². The largest absolute Gasteiger partial charge is 0.465 e. The Bertz CT molecular complexity index is 585. The predicted molar refractivity (Wildman–Crippen MR) is 70.7 cm³/mol. The molecule has 0 amide bonds. The molecule has 18 heavy (non-hydrogen) atoms. The van der Waals surface area contributed by atoms with Gasteiger partial charge in [0.2, 0.25) is 5.28 Å². The fourth-order valence-corrected chi connectivity index (χ4v) is 2.23. The predicted octanol–water partition coefficient (Wildman–Crippen LogP) is 3.03. The summed E-state index contributed by atoms with van der Waals surface area (Å²) in [6.45, 7) is 1.85. The van der Waals surface area contributed by atoms with Gasteiger partial charge in [0.1, 0.15) is 10.7 Å². The Morgan fingerprint density at radius 1 is 1.56 bits per heavy atom. The summed E-state index contributed by atoms with van der Waals surface area (Å²) in [5, 5.41) is 5.00. The van der Waals surface area contributed by atoms with Gasteiger partial charge in [0, 0.05) is 11.8 Å².